The Hall–Kier alpha value is -6.45. The van der Waals surface area contributed by atoms with Crippen LogP contribution >= 0.6 is 0 Å². The highest BCUT2D eigenvalue weighted by Crippen LogP contribution is 2.43. The molecule has 0 aliphatic heterocycles. The van der Waals surface area contributed by atoms with Gasteiger partial charge in [0.15, 0.2) is 5.58 Å². The largest absolute Gasteiger partial charge is 0.454 e. The Labute approximate surface area is 279 Å². The molecule has 9 aromatic rings. The number of hydrogen-bond donors (Lipinski definition) is 0. The van der Waals surface area contributed by atoms with Crippen LogP contribution in [0.3, 0.4) is 0 Å². The summed E-state index contributed by atoms with van der Waals surface area (Å²) in [6.45, 7) is 0. The number of furan rings is 1. The van der Waals surface area contributed by atoms with Gasteiger partial charge in [0.2, 0.25) is 0 Å². The van der Waals surface area contributed by atoms with Crippen molar-refractivity contribution in [2.45, 2.75) is 0 Å². The third kappa shape index (κ3) is 4.99. The van der Waals surface area contributed by atoms with Crippen LogP contribution in [0.4, 0.5) is 17.1 Å². The maximum absolute atomic E-state index is 6.32. The number of pyridine rings is 1. The van der Waals surface area contributed by atoms with Crippen LogP contribution in [0.25, 0.3) is 66.4 Å². The van der Waals surface area contributed by atoms with E-state index in [-0.39, 0.29) is 0 Å². The van der Waals surface area contributed by atoms with Crippen molar-refractivity contribution in [2.24, 2.45) is 0 Å². The summed E-state index contributed by atoms with van der Waals surface area (Å²) >= 11 is 0. The van der Waals surface area contributed by atoms with Crippen molar-refractivity contribution in [3.63, 3.8) is 0 Å². The molecule has 0 unspecified atom stereocenters. The molecule has 0 aliphatic carbocycles. The molecule has 0 amide bonds. The predicted molar refractivity (Wildman–Crippen MR) is 200 cm³/mol. The lowest BCUT2D eigenvalue weighted by atomic mass is 9.99. The molecular formula is C45H30N2O. The number of para-hydroxylation sites is 2. The summed E-state index contributed by atoms with van der Waals surface area (Å²) in [4.78, 5) is 7.37. The molecule has 2 aromatic heterocycles. The standard InChI is InChI=1S/C45H30N2O/c1-3-11-31(12-4-1)32-19-21-33(22-20-32)34-23-25-37(26-24-34)47(42-18-10-8-16-39(42)35-13-5-2-6-14-35)38-27-28-43-40(30-38)45-44(48-43)29-36-15-7-9-17-41(36)46-45/h1-30H. The van der Waals surface area contributed by atoms with Crippen LogP contribution in [0.1, 0.15) is 0 Å². The number of rotatable bonds is 6. The summed E-state index contributed by atoms with van der Waals surface area (Å²) in [5, 5.41) is 2.06. The first-order valence-electron chi connectivity index (χ1n) is 16.2. The molecule has 0 fully saturated rings. The molecule has 3 heteroatoms. The molecule has 0 aliphatic rings. The minimum absolute atomic E-state index is 0.791. The summed E-state index contributed by atoms with van der Waals surface area (Å²) in [6.07, 6.45) is 0. The van der Waals surface area contributed by atoms with Crippen molar-refractivity contribution in [3.8, 4) is 33.4 Å². The van der Waals surface area contributed by atoms with Crippen LogP contribution in [0.5, 0.6) is 0 Å². The molecule has 0 radical (unpaired) electrons. The molecule has 2 heterocycles. The zero-order chi connectivity index (χ0) is 31.9. The monoisotopic (exact) mass is 614 g/mol. The highest BCUT2D eigenvalue weighted by atomic mass is 16.3. The van der Waals surface area contributed by atoms with Gasteiger partial charge in [0.05, 0.1) is 11.2 Å². The van der Waals surface area contributed by atoms with E-state index in [1.807, 2.05) is 12.1 Å². The van der Waals surface area contributed by atoms with Crippen LogP contribution in [0, 0.1) is 0 Å². The van der Waals surface area contributed by atoms with Gasteiger partial charge in [-0.25, -0.2) is 4.98 Å². The van der Waals surface area contributed by atoms with E-state index in [0.717, 1.165) is 61.2 Å². The Balaban J connectivity index is 1.17. The second-order valence-electron chi connectivity index (χ2n) is 12.0. The van der Waals surface area contributed by atoms with Crippen molar-refractivity contribution < 1.29 is 4.42 Å². The normalized spacial score (nSPS) is 11.3. The van der Waals surface area contributed by atoms with E-state index < -0.39 is 0 Å². The number of aromatic nitrogens is 1. The van der Waals surface area contributed by atoms with Gasteiger partial charge >= 0.3 is 0 Å². The van der Waals surface area contributed by atoms with Crippen LogP contribution < -0.4 is 4.90 Å². The molecule has 0 saturated heterocycles. The lowest BCUT2D eigenvalue weighted by Gasteiger charge is -2.28. The first-order valence-corrected chi connectivity index (χ1v) is 16.2. The fraction of sp³-hybridized carbons (Fsp3) is 0. The molecule has 0 saturated carbocycles. The van der Waals surface area contributed by atoms with Crippen molar-refractivity contribution in [3.05, 3.63) is 182 Å². The van der Waals surface area contributed by atoms with Gasteiger partial charge in [-0.1, -0.05) is 133 Å². The van der Waals surface area contributed by atoms with Crippen molar-refractivity contribution in [1.29, 1.82) is 0 Å². The van der Waals surface area contributed by atoms with Gasteiger partial charge in [-0.15, -0.1) is 0 Å². The van der Waals surface area contributed by atoms with Crippen molar-refractivity contribution in [1.82, 2.24) is 4.98 Å². The molecule has 48 heavy (non-hydrogen) atoms. The average Bonchev–Trinajstić information content (AvgIpc) is 3.52. The van der Waals surface area contributed by atoms with Crippen LogP contribution in [0.15, 0.2) is 186 Å². The Kier molecular flexibility index (Phi) is 6.80. The lowest BCUT2D eigenvalue weighted by molar-refractivity contribution is 0.669. The number of benzene rings is 7. The SMILES string of the molecule is c1ccc(-c2ccc(-c3ccc(N(c4ccc5oc6cc7ccccc7nc6c5c4)c4ccccc4-c4ccccc4)cc3)cc2)cc1. The molecule has 7 aromatic carbocycles. The molecule has 3 nitrogen and oxygen atoms in total. The minimum atomic E-state index is 0.791. The first kappa shape index (κ1) is 27.8. The smallest absolute Gasteiger partial charge is 0.154 e. The third-order valence-electron chi connectivity index (χ3n) is 9.07. The second kappa shape index (κ2) is 11.7. The summed E-state index contributed by atoms with van der Waals surface area (Å²) in [7, 11) is 0. The van der Waals surface area contributed by atoms with Crippen molar-refractivity contribution in [2.75, 3.05) is 4.90 Å². The zero-order valence-corrected chi connectivity index (χ0v) is 26.1. The van der Waals surface area contributed by atoms with Gasteiger partial charge in [0.1, 0.15) is 11.1 Å². The first-order chi connectivity index (χ1) is 23.8. The predicted octanol–water partition coefficient (Wildman–Crippen LogP) is 12.6. The van der Waals surface area contributed by atoms with Gasteiger partial charge in [-0.2, -0.15) is 0 Å². The minimum Gasteiger partial charge on any atom is -0.454 e. The Morgan fingerprint density at radius 2 is 0.979 bits per heavy atom. The van der Waals surface area contributed by atoms with Gasteiger partial charge in [-0.3, -0.25) is 0 Å². The maximum Gasteiger partial charge on any atom is 0.154 e. The Morgan fingerprint density at radius 3 is 1.71 bits per heavy atom. The quantitative estimate of drug-likeness (QED) is 0.187. The van der Waals surface area contributed by atoms with E-state index in [1.165, 1.54) is 22.3 Å². The van der Waals surface area contributed by atoms with Crippen LogP contribution in [0.2, 0.25) is 0 Å². The maximum atomic E-state index is 6.32. The van der Waals surface area contributed by atoms with Gasteiger partial charge in [0.25, 0.3) is 0 Å². The fourth-order valence-electron chi connectivity index (χ4n) is 6.66. The summed E-state index contributed by atoms with van der Waals surface area (Å²) < 4.78 is 6.32. The molecule has 0 spiro atoms. The summed E-state index contributed by atoms with van der Waals surface area (Å²) in [5.41, 5.74) is 13.7. The third-order valence-corrected chi connectivity index (χ3v) is 9.07. The van der Waals surface area contributed by atoms with Gasteiger partial charge in [-0.05, 0) is 76.3 Å². The molecule has 0 bridgehead atoms. The zero-order valence-electron chi connectivity index (χ0n) is 26.1. The Bertz CT molecular complexity index is 2540. The molecule has 0 atom stereocenters. The number of anilines is 3. The van der Waals surface area contributed by atoms with Crippen molar-refractivity contribution >= 4 is 50.0 Å². The van der Waals surface area contributed by atoms with E-state index in [4.69, 9.17) is 9.40 Å². The van der Waals surface area contributed by atoms with Crippen LogP contribution in [-0.2, 0) is 0 Å². The van der Waals surface area contributed by atoms with E-state index in [9.17, 15) is 0 Å². The van der Waals surface area contributed by atoms with E-state index >= 15 is 0 Å². The molecule has 0 N–H and O–H groups in total. The van der Waals surface area contributed by atoms with Gasteiger partial charge < -0.3 is 9.32 Å². The molecule has 226 valence electrons. The highest BCUT2D eigenvalue weighted by Gasteiger charge is 2.19. The number of fused-ring (bicyclic) bond motifs is 4. The summed E-state index contributed by atoms with van der Waals surface area (Å²) in [5.74, 6) is 0. The van der Waals surface area contributed by atoms with E-state index in [0.29, 0.717) is 0 Å². The van der Waals surface area contributed by atoms with Gasteiger partial charge in [0, 0.05) is 27.7 Å². The highest BCUT2D eigenvalue weighted by molar-refractivity contribution is 6.07. The molecule has 9 rings (SSSR count). The fourth-order valence-corrected chi connectivity index (χ4v) is 6.66. The number of hydrogen-bond acceptors (Lipinski definition) is 3. The lowest BCUT2D eigenvalue weighted by Crippen LogP contribution is -2.11. The summed E-state index contributed by atoms with van der Waals surface area (Å²) in [6, 6.07) is 64.0. The topological polar surface area (TPSA) is 29.3 Å². The van der Waals surface area contributed by atoms with Crippen LogP contribution in [-0.4, -0.2) is 4.98 Å². The second-order valence-corrected chi connectivity index (χ2v) is 12.0. The van der Waals surface area contributed by atoms with E-state index in [1.54, 1.807) is 0 Å². The molecular weight excluding hydrogens is 585 g/mol. The average molecular weight is 615 g/mol. The van der Waals surface area contributed by atoms with E-state index in [2.05, 4.69) is 175 Å². The Morgan fingerprint density at radius 1 is 0.417 bits per heavy atom. The number of nitrogens with zero attached hydrogens (tertiary/aromatic N) is 2.